The van der Waals surface area contributed by atoms with E-state index in [0.29, 0.717) is 24.5 Å². The normalized spacial score (nSPS) is 19.3. The molecule has 2 aromatic carbocycles. The quantitative estimate of drug-likeness (QED) is 0.491. The highest BCUT2D eigenvalue weighted by molar-refractivity contribution is 9.10. The van der Waals surface area contributed by atoms with E-state index in [2.05, 4.69) is 66.4 Å². The minimum absolute atomic E-state index is 0.0886. The molecule has 0 radical (unpaired) electrons. The summed E-state index contributed by atoms with van der Waals surface area (Å²) in [6.07, 6.45) is 1.34. The zero-order valence-electron chi connectivity index (χ0n) is 19.6. The van der Waals surface area contributed by atoms with Gasteiger partial charge in [-0.1, -0.05) is 13.8 Å². The van der Waals surface area contributed by atoms with Crippen molar-refractivity contribution in [1.82, 2.24) is 0 Å². The summed E-state index contributed by atoms with van der Waals surface area (Å²) in [5.41, 5.74) is 7.07. The lowest BCUT2D eigenvalue weighted by Gasteiger charge is -2.34. The summed E-state index contributed by atoms with van der Waals surface area (Å²) in [5, 5.41) is 7.30. The van der Waals surface area contributed by atoms with Crippen LogP contribution in [-0.2, 0) is 4.79 Å². The van der Waals surface area contributed by atoms with Gasteiger partial charge in [-0.15, -0.1) is 0 Å². The molecule has 0 spiro atoms. The molecule has 0 bridgehead atoms. The summed E-state index contributed by atoms with van der Waals surface area (Å²) >= 11 is 3.64. The van der Waals surface area contributed by atoms with Crippen LogP contribution >= 0.6 is 15.9 Å². The number of halogens is 1. The highest BCUT2D eigenvalue weighted by atomic mass is 79.9. The number of benzene rings is 2. The Labute approximate surface area is 198 Å². The van der Waals surface area contributed by atoms with E-state index >= 15 is 0 Å². The molecule has 6 heteroatoms. The average molecular weight is 499 g/mol. The Morgan fingerprint density at radius 1 is 1.09 bits per heavy atom. The van der Waals surface area contributed by atoms with Crippen molar-refractivity contribution in [2.45, 2.75) is 53.5 Å². The third kappa shape index (κ3) is 4.13. The van der Waals surface area contributed by atoms with Crippen LogP contribution in [0, 0.1) is 19.3 Å². The van der Waals surface area contributed by atoms with Gasteiger partial charge < -0.3 is 20.1 Å². The van der Waals surface area contributed by atoms with Crippen LogP contribution in [0.5, 0.6) is 11.5 Å². The molecule has 2 N–H and O–H groups in total. The number of hydrogen-bond donors (Lipinski definition) is 2. The summed E-state index contributed by atoms with van der Waals surface area (Å²) in [6.45, 7) is 11.0. The molecule has 170 valence electrons. The number of ether oxygens (including phenoxy) is 2. The maximum Gasteiger partial charge on any atom is 0.174 e. The Hall–Kier alpha value is -2.47. The molecule has 5 nitrogen and oxygen atoms in total. The second kappa shape index (κ2) is 8.47. The monoisotopic (exact) mass is 498 g/mol. The van der Waals surface area contributed by atoms with Crippen molar-refractivity contribution in [1.29, 1.82) is 0 Å². The van der Waals surface area contributed by atoms with Gasteiger partial charge >= 0.3 is 0 Å². The number of hydrogen-bond acceptors (Lipinski definition) is 5. The Kier molecular flexibility index (Phi) is 6.01. The van der Waals surface area contributed by atoms with E-state index in [9.17, 15) is 4.79 Å². The van der Waals surface area contributed by atoms with Crippen LogP contribution in [0.4, 0.5) is 11.4 Å². The fourth-order valence-corrected chi connectivity index (χ4v) is 5.30. The van der Waals surface area contributed by atoms with Crippen molar-refractivity contribution in [3.8, 4) is 11.5 Å². The number of nitrogens with one attached hydrogen (secondary N) is 2. The van der Waals surface area contributed by atoms with E-state index in [1.54, 1.807) is 7.11 Å². The molecule has 0 amide bonds. The highest BCUT2D eigenvalue weighted by Crippen LogP contribution is 2.48. The van der Waals surface area contributed by atoms with Gasteiger partial charge in [0.05, 0.1) is 35.6 Å². The Balaban J connectivity index is 1.92. The third-order valence-electron chi connectivity index (χ3n) is 6.30. The minimum atomic E-state index is -0.300. The number of ketones is 1. The number of methoxy groups -OCH3 is 1. The minimum Gasteiger partial charge on any atom is -0.492 e. The number of aryl methyl sites for hydroxylation is 2. The number of rotatable bonds is 4. The highest BCUT2D eigenvalue weighted by Gasteiger charge is 2.39. The van der Waals surface area contributed by atoms with E-state index in [0.717, 1.165) is 39.1 Å². The molecule has 2 aliphatic rings. The molecule has 1 aliphatic carbocycles. The molecule has 0 fully saturated rings. The molecule has 0 saturated carbocycles. The van der Waals surface area contributed by atoms with Crippen LogP contribution in [0.25, 0.3) is 0 Å². The zero-order chi connectivity index (χ0) is 23.2. The van der Waals surface area contributed by atoms with Crippen LogP contribution in [0.1, 0.15) is 56.3 Å². The molecular weight excluding hydrogens is 468 g/mol. The van der Waals surface area contributed by atoms with Crippen molar-refractivity contribution in [2.75, 3.05) is 24.4 Å². The summed E-state index contributed by atoms with van der Waals surface area (Å²) < 4.78 is 12.2. The van der Waals surface area contributed by atoms with Crippen LogP contribution < -0.4 is 20.1 Å². The largest absolute Gasteiger partial charge is 0.492 e. The lowest BCUT2D eigenvalue weighted by atomic mass is 9.73. The van der Waals surface area contributed by atoms with E-state index in [-0.39, 0.29) is 17.2 Å². The second-order valence-electron chi connectivity index (χ2n) is 9.48. The van der Waals surface area contributed by atoms with Gasteiger partial charge in [0, 0.05) is 17.7 Å². The van der Waals surface area contributed by atoms with E-state index in [1.165, 1.54) is 11.1 Å². The van der Waals surface area contributed by atoms with E-state index in [1.807, 2.05) is 19.1 Å². The van der Waals surface area contributed by atoms with E-state index < -0.39 is 0 Å². The van der Waals surface area contributed by atoms with Gasteiger partial charge in [-0.3, -0.25) is 4.79 Å². The fraction of sp³-hybridized carbons (Fsp3) is 0.423. The number of carbonyl (C=O) groups is 1. The maximum absolute atomic E-state index is 13.5. The predicted octanol–water partition coefficient (Wildman–Crippen LogP) is 6.70. The van der Waals surface area contributed by atoms with Gasteiger partial charge in [-0.2, -0.15) is 0 Å². The predicted molar refractivity (Wildman–Crippen MR) is 133 cm³/mol. The van der Waals surface area contributed by atoms with Gasteiger partial charge in [0.15, 0.2) is 17.3 Å². The van der Waals surface area contributed by atoms with Crippen LogP contribution in [0.15, 0.2) is 40.0 Å². The Morgan fingerprint density at radius 2 is 1.78 bits per heavy atom. The number of fused-ring (bicyclic) bond motifs is 1. The van der Waals surface area contributed by atoms with Crippen LogP contribution in [0.2, 0.25) is 0 Å². The molecule has 0 aromatic heterocycles. The van der Waals surface area contributed by atoms with Crippen LogP contribution in [-0.4, -0.2) is 19.5 Å². The lowest BCUT2D eigenvalue weighted by Crippen LogP contribution is -2.31. The van der Waals surface area contributed by atoms with Crippen molar-refractivity contribution < 1.29 is 14.3 Å². The zero-order valence-corrected chi connectivity index (χ0v) is 21.2. The topological polar surface area (TPSA) is 59.6 Å². The summed E-state index contributed by atoms with van der Waals surface area (Å²) in [5.74, 6) is 1.48. The van der Waals surface area contributed by atoms with E-state index in [4.69, 9.17) is 9.47 Å². The summed E-state index contributed by atoms with van der Waals surface area (Å²) in [4.78, 5) is 13.5. The van der Waals surface area contributed by atoms with Gasteiger partial charge in [0.1, 0.15) is 0 Å². The van der Waals surface area contributed by atoms with Gasteiger partial charge in [-0.25, -0.2) is 0 Å². The number of anilines is 2. The number of carbonyl (C=O) groups excluding carboxylic acids is 1. The standard InChI is InChI=1S/C26H31BrN2O3/c1-7-32-22-11-16(10-17(27)25(22)31-6)24-23-20(12-26(4,5)13-21(23)30)28-18-8-14(2)15(3)9-19(18)29-24/h8-11,24,28-29H,7,12-13H2,1-6H3/t24-/m1/s1. The van der Waals surface area contributed by atoms with Gasteiger partial charge in [0.2, 0.25) is 0 Å². The first-order valence-corrected chi connectivity index (χ1v) is 11.8. The van der Waals surface area contributed by atoms with Crippen molar-refractivity contribution >= 4 is 33.1 Å². The molecule has 2 aromatic rings. The van der Waals surface area contributed by atoms with Crippen molar-refractivity contribution in [3.05, 3.63) is 56.7 Å². The smallest absolute Gasteiger partial charge is 0.174 e. The third-order valence-corrected chi connectivity index (χ3v) is 6.89. The Bertz CT molecular complexity index is 1120. The Morgan fingerprint density at radius 3 is 2.44 bits per heavy atom. The van der Waals surface area contributed by atoms with Crippen molar-refractivity contribution in [2.24, 2.45) is 5.41 Å². The van der Waals surface area contributed by atoms with Gasteiger partial charge in [-0.05, 0) is 89.5 Å². The molecule has 4 rings (SSSR count). The molecule has 1 aliphatic heterocycles. The molecule has 1 heterocycles. The lowest BCUT2D eigenvalue weighted by molar-refractivity contribution is -0.118. The molecule has 32 heavy (non-hydrogen) atoms. The fourth-order valence-electron chi connectivity index (χ4n) is 4.68. The van der Waals surface area contributed by atoms with Gasteiger partial charge in [0.25, 0.3) is 0 Å². The second-order valence-corrected chi connectivity index (χ2v) is 10.3. The first-order valence-electron chi connectivity index (χ1n) is 11.0. The SMILES string of the molecule is CCOc1cc([C@H]2Nc3cc(C)c(C)cc3NC3=C2C(=O)CC(C)(C)C3)cc(Br)c1OC. The van der Waals surface area contributed by atoms with Crippen molar-refractivity contribution in [3.63, 3.8) is 0 Å². The molecule has 0 saturated heterocycles. The molecule has 1 atom stereocenters. The maximum atomic E-state index is 13.5. The summed E-state index contributed by atoms with van der Waals surface area (Å²) in [7, 11) is 1.63. The number of allylic oxidation sites excluding steroid dienone is 1. The van der Waals surface area contributed by atoms with Crippen LogP contribution in [0.3, 0.4) is 0 Å². The number of Topliss-reactive ketones (excluding diaryl/α,β-unsaturated/α-hetero) is 1. The summed E-state index contributed by atoms with van der Waals surface area (Å²) in [6, 6.07) is 8.01. The molecule has 0 unspecified atom stereocenters. The first-order chi connectivity index (χ1) is 15.1. The first kappa shape index (κ1) is 22.7. The molecular formula is C26H31BrN2O3. The average Bonchev–Trinajstić information content (AvgIpc) is 2.84.